The van der Waals surface area contributed by atoms with Crippen LogP contribution in [0.1, 0.15) is 35.9 Å². The van der Waals surface area contributed by atoms with Gasteiger partial charge in [-0.15, -0.1) is 0 Å². The molecule has 0 radical (unpaired) electrons. The highest BCUT2D eigenvalue weighted by molar-refractivity contribution is 9.10. The Morgan fingerprint density at radius 3 is 2.79 bits per heavy atom. The zero-order valence-electron chi connectivity index (χ0n) is 10.3. The molecule has 1 aromatic heterocycles. The summed E-state index contributed by atoms with van der Waals surface area (Å²) >= 11 is 9.13. The number of aromatic nitrogens is 2. The van der Waals surface area contributed by atoms with Crippen molar-refractivity contribution < 1.29 is 9.18 Å². The van der Waals surface area contributed by atoms with Gasteiger partial charge in [-0.2, -0.15) is 5.10 Å². The van der Waals surface area contributed by atoms with Crippen molar-refractivity contribution in [3.05, 3.63) is 51.0 Å². The summed E-state index contributed by atoms with van der Waals surface area (Å²) in [5.74, 6) is -0.971. The summed E-state index contributed by atoms with van der Waals surface area (Å²) in [6.45, 7) is 3.81. The van der Waals surface area contributed by atoms with Crippen LogP contribution in [0.4, 0.5) is 4.39 Å². The third kappa shape index (κ3) is 2.58. The lowest BCUT2D eigenvalue weighted by Crippen LogP contribution is -2.14. The van der Waals surface area contributed by atoms with Crippen LogP contribution in [0.25, 0.3) is 0 Å². The molecule has 0 bridgehead atoms. The molecule has 0 N–H and O–H groups in total. The maximum absolute atomic E-state index is 13.4. The highest BCUT2D eigenvalue weighted by atomic mass is 79.9. The van der Waals surface area contributed by atoms with E-state index in [2.05, 4.69) is 21.0 Å². The van der Waals surface area contributed by atoms with Crippen LogP contribution >= 0.6 is 27.5 Å². The first-order chi connectivity index (χ1) is 8.93. The van der Waals surface area contributed by atoms with E-state index in [0.717, 1.165) is 0 Å². The molecule has 0 aliphatic carbocycles. The van der Waals surface area contributed by atoms with Crippen LogP contribution in [-0.2, 0) is 0 Å². The van der Waals surface area contributed by atoms with Gasteiger partial charge in [-0.1, -0.05) is 17.7 Å². The number of ketones is 1. The molecule has 19 heavy (non-hydrogen) atoms. The number of halogens is 3. The van der Waals surface area contributed by atoms with Crippen molar-refractivity contribution in [2.24, 2.45) is 0 Å². The van der Waals surface area contributed by atoms with Gasteiger partial charge in [-0.25, -0.2) is 4.39 Å². The predicted octanol–water partition coefficient (Wildman–Crippen LogP) is 4.25. The molecule has 0 unspecified atom stereocenters. The van der Waals surface area contributed by atoms with Crippen LogP contribution in [0.3, 0.4) is 0 Å². The number of rotatable bonds is 3. The third-order valence-electron chi connectivity index (χ3n) is 2.65. The maximum Gasteiger partial charge on any atom is 0.213 e. The standard InChI is InChI=1S/C13H11BrClFN2O/c1-7(2)18-12(9(14)6-17-18)13(19)8-4-3-5-10(16)11(8)15/h3-7H,1-2H3. The van der Waals surface area contributed by atoms with E-state index >= 15 is 0 Å². The average Bonchev–Trinajstić information content (AvgIpc) is 2.74. The van der Waals surface area contributed by atoms with Gasteiger partial charge in [0.1, 0.15) is 11.5 Å². The Morgan fingerprint density at radius 1 is 1.47 bits per heavy atom. The minimum Gasteiger partial charge on any atom is -0.287 e. The van der Waals surface area contributed by atoms with Crippen molar-refractivity contribution in [3.8, 4) is 0 Å². The van der Waals surface area contributed by atoms with E-state index in [-0.39, 0.29) is 22.4 Å². The molecule has 0 aliphatic heterocycles. The zero-order valence-corrected chi connectivity index (χ0v) is 12.7. The maximum atomic E-state index is 13.4. The summed E-state index contributed by atoms with van der Waals surface area (Å²) in [7, 11) is 0. The predicted molar refractivity (Wildman–Crippen MR) is 75.2 cm³/mol. The second-order valence-corrected chi connectivity index (χ2v) is 5.54. The fourth-order valence-electron chi connectivity index (χ4n) is 1.75. The number of benzene rings is 1. The van der Waals surface area contributed by atoms with Gasteiger partial charge in [0.25, 0.3) is 0 Å². The Bertz CT molecular complexity index is 640. The molecule has 1 heterocycles. The quantitative estimate of drug-likeness (QED) is 0.780. The minimum atomic E-state index is -0.612. The molecular formula is C13H11BrClFN2O. The van der Waals surface area contributed by atoms with E-state index in [1.165, 1.54) is 18.2 Å². The Balaban J connectivity index is 2.56. The second kappa shape index (κ2) is 5.43. The van der Waals surface area contributed by atoms with E-state index in [0.29, 0.717) is 10.2 Å². The summed E-state index contributed by atoms with van der Waals surface area (Å²) in [5.41, 5.74) is 0.493. The molecule has 6 heteroatoms. The van der Waals surface area contributed by atoms with Crippen molar-refractivity contribution >= 4 is 33.3 Å². The van der Waals surface area contributed by atoms with Gasteiger partial charge in [0.2, 0.25) is 5.78 Å². The molecule has 0 spiro atoms. The van der Waals surface area contributed by atoms with Gasteiger partial charge < -0.3 is 0 Å². The van der Waals surface area contributed by atoms with E-state index < -0.39 is 5.82 Å². The fraction of sp³-hybridized carbons (Fsp3) is 0.231. The summed E-state index contributed by atoms with van der Waals surface area (Å²) in [5, 5.41) is 3.96. The zero-order chi connectivity index (χ0) is 14.2. The molecule has 0 fully saturated rings. The van der Waals surface area contributed by atoms with Crippen molar-refractivity contribution in [2.75, 3.05) is 0 Å². The lowest BCUT2D eigenvalue weighted by molar-refractivity contribution is 0.102. The van der Waals surface area contributed by atoms with Gasteiger partial charge in [0, 0.05) is 11.6 Å². The number of hydrogen-bond acceptors (Lipinski definition) is 2. The normalized spacial score (nSPS) is 11.1. The van der Waals surface area contributed by atoms with Crippen molar-refractivity contribution in [3.63, 3.8) is 0 Å². The summed E-state index contributed by atoms with van der Waals surface area (Å²) in [4.78, 5) is 12.5. The Kier molecular flexibility index (Phi) is 4.06. The minimum absolute atomic E-state index is 0.0117. The Labute approximate surface area is 123 Å². The van der Waals surface area contributed by atoms with Crippen LogP contribution < -0.4 is 0 Å². The van der Waals surface area contributed by atoms with Gasteiger partial charge in [0.15, 0.2) is 0 Å². The van der Waals surface area contributed by atoms with E-state index in [4.69, 9.17) is 11.6 Å². The van der Waals surface area contributed by atoms with Crippen LogP contribution in [0.5, 0.6) is 0 Å². The smallest absolute Gasteiger partial charge is 0.213 e. The largest absolute Gasteiger partial charge is 0.287 e. The molecule has 2 aromatic rings. The summed E-state index contributed by atoms with van der Waals surface area (Å²) in [6, 6.07) is 4.18. The molecule has 100 valence electrons. The lowest BCUT2D eigenvalue weighted by atomic mass is 10.1. The number of carbonyl (C=O) groups is 1. The SMILES string of the molecule is CC(C)n1ncc(Br)c1C(=O)c1cccc(F)c1Cl. The first kappa shape index (κ1) is 14.2. The van der Waals surface area contributed by atoms with Crippen LogP contribution in [0.2, 0.25) is 5.02 Å². The number of hydrogen-bond donors (Lipinski definition) is 0. The number of carbonyl (C=O) groups excluding carboxylic acids is 1. The highest BCUT2D eigenvalue weighted by Crippen LogP contribution is 2.27. The Hall–Kier alpha value is -1.20. The summed E-state index contributed by atoms with van der Waals surface area (Å²) in [6.07, 6.45) is 1.54. The topological polar surface area (TPSA) is 34.9 Å². The van der Waals surface area contributed by atoms with Crippen LogP contribution in [-0.4, -0.2) is 15.6 Å². The highest BCUT2D eigenvalue weighted by Gasteiger charge is 2.23. The summed E-state index contributed by atoms with van der Waals surface area (Å²) < 4.78 is 15.6. The monoisotopic (exact) mass is 344 g/mol. The first-order valence-corrected chi connectivity index (χ1v) is 6.82. The molecule has 2 rings (SSSR count). The van der Waals surface area contributed by atoms with Gasteiger partial charge >= 0.3 is 0 Å². The fourth-order valence-corrected chi connectivity index (χ4v) is 2.42. The van der Waals surface area contributed by atoms with Crippen molar-refractivity contribution in [2.45, 2.75) is 19.9 Å². The molecule has 0 amide bonds. The van der Waals surface area contributed by atoms with Gasteiger partial charge in [0.05, 0.1) is 15.7 Å². The van der Waals surface area contributed by atoms with Gasteiger partial charge in [-0.3, -0.25) is 9.48 Å². The average molecular weight is 346 g/mol. The molecule has 0 aliphatic rings. The van der Waals surface area contributed by atoms with Crippen molar-refractivity contribution in [1.29, 1.82) is 0 Å². The van der Waals surface area contributed by atoms with Crippen LogP contribution in [0.15, 0.2) is 28.9 Å². The second-order valence-electron chi connectivity index (χ2n) is 4.31. The first-order valence-electron chi connectivity index (χ1n) is 5.65. The molecule has 3 nitrogen and oxygen atoms in total. The van der Waals surface area contributed by atoms with Crippen molar-refractivity contribution in [1.82, 2.24) is 9.78 Å². The molecule has 1 aromatic carbocycles. The lowest BCUT2D eigenvalue weighted by Gasteiger charge is -2.11. The van der Waals surface area contributed by atoms with E-state index in [9.17, 15) is 9.18 Å². The third-order valence-corrected chi connectivity index (χ3v) is 3.62. The molecular weight excluding hydrogens is 335 g/mol. The van der Waals surface area contributed by atoms with E-state index in [1.54, 1.807) is 10.9 Å². The molecule has 0 saturated heterocycles. The molecule has 0 atom stereocenters. The number of nitrogens with zero attached hydrogens (tertiary/aromatic N) is 2. The van der Waals surface area contributed by atoms with E-state index in [1.807, 2.05) is 13.8 Å². The van der Waals surface area contributed by atoms with Gasteiger partial charge in [-0.05, 0) is 41.9 Å². The Morgan fingerprint density at radius 2 is 2.16 bits per heavy atom. The molecule has 0 saturated carbocycles. The van der Waals surface area contributed by atoms with Crippen LogP contribution in [0, 0.1) is 5.82 Å².